The van der Waals surface area contributed by atoms with Crippen LogP contribution in [0.15, 0.2) is 12.1 Å². The van der Waals surface area contributed by atoms with E-state index in [0.717, 1.165) is 6.07 Å². The number of nitrogens with zero attached hydrogens (tertiary/aromatic N) is 1. The van der Waals surface area contributed by atoms with Crippen LogP contribution in [0.1, 0.15) is 16.7 Å². The number of alkyl halides is 3. The van der Waals surface area contributed by atoms with Crippen molar-refractivity contribution in [3.05, 3.63) is 32.4 Å². The van der Waals surface area contributed by atoms with E-state index < -0.39 is 23.9 Å². The van der Waals surface area contributed by atoms with E-state index in [-0.39, 0.29) is 5.56 Å². The molecule has 15 heavy (non-hydrogen) atoms. The Morgan fingerprint density at radius 3 is 2.40 bits per heavy atom. The molecule has 0 fully saturated rings. The second kappa shape index (κ2) is 4.37. The van der Waals surface area contributed by atoms with Crippen LogP contribution in [0.5, 0.6) is 0 Å². The van der Waals surface area contributed by atoms with E-state index in [0.29, 0.717) is 3.57 Å². The van der Waals surface area contributed by atoms with Crippen LogP contribution in [0.25, 0.3) is 0 Å². The number of aliphatic hydroxyl groups excluding tert-OH is 1. The predicted molar refractivity (Wildman–Crippen MR) is 54.8 cm³/mol. The van der Waals surface area contributed by atoms with Crippen LogP contribution in [-0.4, -0.2) is 5.11 Å². The number of hydrogen-bond donors (Lipinski definition) is 1. The Kier molecular flexibility index (Phi) is 3.57. The summed E-state index contributed by atoms with van der Waals surface area (Å²) in [6.45, 7) is -0.733. The molecule has 1 N–H and O–H groups in total. The van der Waals surface area contributed by atoms with Crippen LogP contribution in [-0.2, 0) is 12.8 Å². The highest BCUT2D eigenvalue weighted by atomic mass is 127. The fourth-order valence-electron chi connectivity index (χ4n) is 1.19. The lowest BCUT2D eigenvalue weighted by atomic mass is 10.0. The Morgan fingerprint density at radius 1 is 1.40 bits per heavy atom. The fraction of sp³-hybridized carbons (Fsp3) is 0.222. The predicted octanol–water partition coefficient (Wildman–Crippen LogP) is 2.67. The molecule has 1 aromatic carbocycles. The molecule has 0 aliphatic heterocycles. The van der Waals surface area contributed by atoms with Gasteiger partial charge in [-0.1, -0.05) is 0 Å². The van der Waals surface area contributed by atoms with Crippen molar-refractivity contribution in [1.82, 2.24) is 0 Å². The van der Waals surface area contributed by atoms with E-state index in [9.17, 15) is 13.2 Å². The SMILES string of the molecule is N#Cc1ccc(I)c(CO)c1C(F)(F)F. The highest BCUT2D eigenvalue weighted by Gasteiger charge is 2.36. The maximum Gasteiger partial charge on any atom is 0.418 e. The lowest BCUT2D eigenvalue weighted by Crippen LogP contribution is -2.13. The Bertz CT molecular complexity index is 423. The standard InChI is InChI=1S/C9H5F3INO/c10-9(11,12)8-5(3-14)1-2-7(13)6(8)4-15/h1-2,15H,4H2. The molecule has 0 amide bonds. The molecule has 0 saturated carbocycles. The molecule has 80 valence electrons. The van der Waals surface area contributed by atoms with E-state index >= 15 is 0 Å². The molecule has 0 aromatic heterocycles. The third-order valence-electron chi connectivity index (χ3n) is 1.82. The number of benzene rings is 1. The molecule has 0 bridgehead atoms. The molecule has 0 unspecified atom stereocenters. The zero-order valence-corrected chi connectivity index (χ0v) is 9.43. The maximum atomic E-state index is 12.6. The topological polar surface area (TPSA) is 44.0 Å². The number of rotatable bonds is 1. The Balaban J connectivity index is 3.57. The average molecular weight is 327 g/mol. The first kappa shape index (κ1) is 12.3. The second-order valence-corrected chi connectivity index (χ2v) is 3.88. The van der Waals surface area contributed by atoms with Crippen molar-refractivity contribution in [2.45, 2.75) is 12.8 Å². The average Bonchev–Trinajstić information content (AvgIpc) is 2.15. The van der Waals surface area contributed by atoms with Crippen LogP contribution < -0.4 is 0 Å². The van der Waals surface area contributed by atoms with E-state index in [1.165, 1.54) is 12.1 Å². The first-order valence-corrected chi connectivity index (χ1v) is 4.89. The van der Waals surface area contributed by atoms with Crippen LogP contribution in [0.3, 0.4) is 0 Å². The number of halogens is 4. The van der Waals surface area contributed by atoms with E-state index in [2.05, 4.69) is 0 Å². The number of hydrogen-bond acceptors (Lipinski definition) is 2. The van der Waals surface area contributed by atoms with Gasteiger partial charge in [0, 0.05) is 9.13 Å². The van der Waals surface area contributed by atoms with Crippen molar-refractivity contribution >= 4 is 22.6 Å². The molecule has 1 rings (SSSR count). The van der Waals surface area contributed by atoms with Crippen molar-refractivity contribution in [2.24, 2.45) is 0 Å². The minimum Gasteiger partial charge on any atom is -0.392 e. The molecule has 0 aliphatic rings. The van der Waals surface area contributed by atoms with Crippen LogP contribution in [0.2, 0.25) is 0 Å². The highest BCUT2D eigenvalue weighted by molar-refractivity contribution is 14.1. The quantitative estimate of drug-likeness (QED) is 0.806. The van der Waals surface area contributed by atoms with Gasteiger partial charge >= 0.3 is 6.18 Å². The summed E-state index contributed by atoms with van der Waals surface area (Å²) in [5.74, 6) is 0. The highest BCUT2D eigenvalue weighted by Crippen LogP contribution is 2.36. The van der Waals surface area contributed by atoms with Crippen LogP contribution in [0, 0.1) is 14.9 Å². The van der Waals surface area contributed by atoms with E-state index in [1.807, 2.05) is 0 Å². The van der Waals surface area contributed by atoms with Gasteiger partial charge in [0.2, 0.25) is 0 Å². The second-order valence-electron chi connectivity index (χ2n) is 2.72. The minimum absolute atomic E-state index is 0.248. The fourth-order valence-corrected chi connectivity index (χ4v) is 1.81. The van der Waals surface area contributed by atoms with Gasteiger partial charge in [-0.2, -0.15) is 18.4 Å². The summed E-state index contributed by atoms with van der Waals surface area (Å²) in [5.41, 5.74) is -1.76. The molecule has 0 aliphatic carbocycles. The summed E-state index contributed by atoms with van der Waals surface area (Å²) in [7, 11) is 0. The molecular formula is C9H5F3INO. The summed E-state index contributed by atoms with van der Waals surface area (Å²) in [6.07, 6.45) is -4.62. The van der Waals surface area contributed by atoms with Crippen LogP contribution in [0.4, 0.5) is 13.2 Å². The summed E-state index contributed by atoms with van der Waals surface area (Å²) in [5, 5.41) is 17.4. The molecule has 0 spiro atoms. The Labute approximate surface area is 97.5 Å². The van der Waals surface area contributed by atoms with Crippen molar-refractivity contribution in [2.75, 3.05) is 0 Å². The van der Waals surface area contributed by atoms with Gasteiger partial charge in [-0.15, -0.1) is 0 Å². The molecule has 0 saturated heterocycles. The molecule has 1 aromatic rings. The van der Waals surface area contributed by atoms with Gasteiger partial charge in [-0.3, -0.25) is 0 Å². The summed E-state index contributed by atoms with van der Waals surface area (Å²) in [6, 6.07) is 3.95. The molecule has 0 radical (unpaired) electrons. The smallest absolute Gasteiger partial charge is 0.392 e. The molecule has 6 heteroatoms. The van der Waals surface area contributed by atoms with Gasteiger partial charge in [-0.25, -0.2) is 0 Å². The van der Waals surface area contributed by atoms with Crippen molar-refractivity contribution in [1.29, 1.82) is 5.26 Å². The molecule has 0 atom stereocenters. The van der Waals surface area contributed by atoms with Crippen molar-refractivity contribution < 1.29 is 18.3 Å². The van der Waals surface area contributed by atoms with Gasteiger partial charge < -0.3 is 5.11 Å². The van der Waals surface area contributed by atoms with E-state index in [1.54, 1.807) is 22.6 Å². The third kappa shape index (κ3) is 2.41. The maximum absolute atomic E-state index is 12.6. The first-order chi connectivity index (χ1) is 6.91. The van der Waals surface area contributed by atoms with Gasteiger partial charge in [-0.05, 0) is 34.7 Å². The number of aliphatic hydroxyl groups is 1. The largest absolute Gasteiger partial charge is 0.418 e. The third-order valence-corrected chi connectivity index (χ3v) is 2.83. The first-order valence-electron chi connectivity index (χ1n) is 3.81. The van der Waals surface area contributed by atoms with E-state index in [4.69, 9.17) is 10.4 Å². The zero-order valence-electron chi connectivity index (χ0n) is 7.27. The Hall–Kier alpha value is -0.810. The molecular weight excluding hydrogens is 322 g/mol. The summed E-state index contributed by atoms with van der Waals surface area (Å²) in [4.78, 5) is 0. The Morgan fingerprint density at radius 2 is 2.00 bits per heavy atom. The van der Waals surface area contributed by atoms with Crippen LogP contribution >= 0.6 is 22.6 Å². The van der Waals surface area contributed by atoms with Gasteiger partial charge in [0.05, 0.1) is 23.8 Å². The zero-order chi connectivity index (χ0) is 11.6. The van der Waals surface area contributed by atoms with Gasteiger partial charge in [0.25, 0.3) is 0 Å². The number of nitriles is 1. The molecule has 2 nitrogen and oxygen atoms in total. The minimum atomic E-state index is -4.62. The summed E-state index contributed by atoms with van der Waals surface area (Å²) < 4.78 is 38.1. The van der Waals surface area contributed by atoms with Gasteiger partial charge in [0.15, 0.2) is 0 Å². The lowest BCUT2D eigenvalue weighted by molar-refractivity contribution is -0.138. The summed E-state index contributed by atoms with van der Waals surface area (Å²) >= 11 is 1.69. The monoisotopic (exact) mass is 327 g/mol. The molecule has 0 heterocycles. The lowest BCUT2D eigenvalue weighted by Gasteiger charge is -2.14. The normalized spacial score (nSPS) is 11.2. The van der Waals surface area contributed by atoms with Crippen molar-refractivity contribution in [3.8, 4) is 6.07 Å². The van der Waals surface area contributed by atoms with Crippen molar-refractivity contribution in [3.63, 3.8) is 0 Å². The van der Waals surface area contributed by atoms with Gasteiger partial charge in [0.1, 0.15) is 0 Å².